The third-order valence-electron chi connectivity index (χ3n) is 4.40. The van der Waals surface area contributed by atoms with Crippen LogP contribution in [-0.4, -0.2) is 11.8 Å². The largest absolute Gasteiger partial charge is 0.454 e. The molecule has 0 atom stereocenters. The Morgan fingerprint density at radius 1 is 0.889 bits per heavy atom. The van der Waals surface area contributed by atoms with E-state index in [4.69, 9.17) is 4.74 Å². The van der Waals surface area contributed by atoms with Crippen molar-refractivity contribution in [2.45, 2.75) is 13.8 Å². The van der Waals surface area contributed by atoms with Gasteiger partial charge in [-0.3, -0.25) is 9.59 Å². The van der Waals surface area contributed by atoms with Crippen molar-refractivity contribution in [3.63, 3.8) is 0 Å². The fraction of sp³-hybridized carbons (Fsp3) is 0.0909. The first-order valence-electron chi connectivity index (χ1n) is 8.61. The van der Waals surface area contributed by atoms with Gasteiger partial charge in [-0.25, -0.2) is 0 Å². The lowest BCUT2D eigenvalue weighted by Gasteiger charge is -2.10. The molecule has 0 fully saturated rings. The standard InChI is InChI=1S/C22H18N2O3/c1-13-3-6-15(7-4-13)21(25)23-16-8-10-19-17(12-16)22(26)24-18-11-14(2)5-9-20(18)27-19/h3-12H,1-2H3,(H,23,25)(H,24,26). The molecule has 0 unspecified atom stereocenters. The molecule has 3 aromatic carbocycles. The zero-order valence-electron chi connectivity index (χ0n) is 15.0. The van der Waals surface area contributed by atoms with E-state index in [1.54, 1.807) is 30.3 Å². The number of nitrogens with one attached hydrogen (secondary N) is 2. The van der Waals surface area contributed by atoms with Gasteiger partial charge < -0.3 is 15.4 Å². The highest BCUT2D eigenvalue weighted by Gasteiger charge is 2.21. The normalized spacial score (nSPS) is 12.1. The molecule has 0 saturated carbocycles. The number of anilines is 2. The summed E-state index contributed by atoms with van der Waals surface area (Å²) >= 11 is 0. The predicted molar refractivity (Wildman–Crippen MR) is 105 cm³/mol. The Labute approximate surface area is 157 Å². The van der Waals surface area contributed by atoms with Crippen LogP contribution in [0.3, 0.4) is 0 Å². The van der Waals surface area contributed by atoms with Gasteiger partial charge in [0, 0.05) is 11.3 Å². The van der Waals surface area contributed by atoms with Crippen molar-refractivity contribution in [2.24, 2.45) is 0 Å². The number of hydrogen-bond acceptors (Lipinski definition) is 3. The molecule has 2 amide bonds. The highest BCUT2D eigenvalue weighted by Crippen LogP contribution is 2.37. The smallest absolute Gasteiger partial charge is 0.259 e. The van der Waals surface area contributed by atoms with E-state index in [1.165, 1.54) is 0 Å². The van der Waals surface area contributed by atoms with Gasteiger partial charge in [0.15, 0.2) is 5.75 Å². The van der Waals surface area contributed by atoms with Crippen LogP contribution in [0.1, 0.15) is 31.8 Å². The summed E-state index contributed by atoms with van der Waals surface area (Å²) in [4.78, 5) is 25.0. The van der Waals surface area contributed by atoms with Crippen LogP contribution in [-0.2, 0) is 0 Å². The predicted octanol–water partition coefficient (Wildman–Crippen LogP) is 4.91. The van der Waals surface area contributed by atoms with Crippen molar-refractivity contribution in [2.75, 3.05) is 10.6 Å². The highest BCUT2D eigenvalue weighted by molar-refractivity contribution is 6.10. The fourth-order valence-electron chi connectivity index (χ4n) is 2.92. The average molecular weight is 358 g/mol. The van der Waals surface area contributed by atoms with E-state index in [9.17, 15) is 9.59 Å². The van der Waals surface area contributed by atoms with Crippen LogP contribution in [0.5, 0.6) is 11.5 Å². The number of hydrogen-bond donors (Lipinski definition) is 2. The second-order valence-corrected chi connectivity index (χ2v) is 6.59. The number of carbonyl (C=O) groups excluding carboxylic acids is 2. The Balaban J connectivity index is 1.61. The molecular formula is C22H18N2O3. The van der Waals surface area contributed by atoms with Gasteiger partial charge in [0.2, 0.25) is 0 Å². The van der Waals surface area contributed by atoms with Crippen LogP contribution < -0.4 is 15.4 Å². The molecule has 1 heterocycles. The molecule has 5 heteroatoms. The maximum absolute atomic E-state index is 12.6. The zero-order valence-corrected chi connectivity index (χ0v) is 15.0. The van der Waals surface area contributed by atoms with Crippen LogP contribution in [0.25, 0.3) is 0 Å². The number of amides is 2. The van der Waals surface area contributed by atoms with E-state index in [0.717, 1.165) is 11.1 Å². The van der Waals surface area contributed by atoms with Crippen LogP contribution in [0.4, 0.5) is 11.4 Å². The summed E-state index contributed by atoms with van der Waals surface area (Å²) in [6.07, 6.45) is 0. The van der Waals surface area contributed by atoms with E-state index >= 15 is 0 Å². The summed E-state index contributed by atoms with van der Waals surface area (Å²) in [5.41, 5.74) is 4.18. The lowest BCUT2D eigenvalue weighted by molar-refractivity contribution is 0.101. The molecular weight excluding hydrogens is 340 g/mol. The molecule has 27 heavy (non-hydrogen) atoms. The summed E-state index contributed by atoms with van der Waals surface area (Å²) in [5.74, 6) is 0.525. The van der Waals surface area contributed by atoms with Gasteiger partial charge in [-0.2, -0.15) is 0 Å². The van der Waals surface area contributed by atoms with E-state index in [2.05, 4.69) is 10.6 Å². The Morgan fingerprint density at radius 2 is 1.59 bits per heavy atom. The number of aryl methyl sites for hydroxylation is 2. The monoisotopic (exact) mass is 358 g/mol. The van der Waals surface area contributed by atoms with Gasteiger partial charge in [-0.1, -0.05) is 23.8 Å². The molecule has 3 aromatic rings. The van der Waals surface area contributed by atoms with Crippen molar-refractivity contribution in [1.82, 2.24) is 0 Å². The molecule has 0 aliphatic carbocycles. The fourth-order valence-corrected chi connectivity index (χ4v) is 2.92. The molecule has 1 aliphatic heterocycles. The number of benzene rings is 3. The van der Waals surface area contributed by atoms with Gasteiger partial charge >= 0.3 is 0 Å². The summed E-state index contributed by atoms with van der Waals surface area (Å²) in [7, 11) is 0. The molecule has 0 aromatic heterocycles. The first kappa shape index (κ1) is 16.8. The molecule has 0 radical (unpaired) electrons. The van der Waals surface area contributed by atoms with E-state index in [1.807, 2.05) is 44.2 Å². The van der Waals surface area contributed by atoms with E-state index in [-0.39, 0.29) is 11.8 Å². The van der Waals surface area contributed by atoms with Crippen LogP contribution in [0.15, 0.2) is 60.7 Å². The molecule has 0 bridgehead atoms. The topological polar surface area (TPSA) is 67.4 Å². The summed E-state index contributed by atoms with van der Waals surface area (Å²) < 4.78 is 5.89. The van der Waals surface area contributed by atoms with Crippen molar-refractivity contribution < 1.29 is 14.3 Å². The molecule has 4 rings (SSSR count). The number of fused-ring (bicyclic) bond motifs is 2. The average Bonchev–Trinajstić information content (AvgIpc) is 2.78. The van der Waals surface area contributed by atoms with Crippen LogP contribution >= 0.6 is 0 Å². The zero-order chi connectivity index (χ0) is 19.0. The van der Waals surface area contributed by atoms with Crippen LogP contribution in [0.2, 0.25) is 0 Å². The molecule has 134 valence electrons. The van der Waals surface area contributed by atoms with Gasteiger partial charge in [-0.05, 0) is 61.9 Å². The summed E-state index contributed by atoms with van der Waals surface area (Å²) in [6, 6.07) is 17.9. The number of ether oxygens (including phenoxy) is 1. The van der Waals surface area contributed by atoms with Crippen molar-refractivity contribution in [3.05, 3.63) is 82.9 Å². The van der Waals surface area contributed by atoms with Crippen LogP contribution in [0, 0.1) is 13.8 Å². The quantitative estimate of drug-likeness (QED) is 0.684. The Bertz CT molecular complexity index is 1060. The number of rotatable bonds is 2. The minimum absolute atomic E-state index is 0.233. The Morgan fingerprint density at radius 3 is 2.37 bits per heavy atom. The van der Waals surface area contributed by atoms with Gasteiger partial charge in [-0.15, -0.1) is 0 Å². The molecule has 2 N–H and O–H groups in total. The second-order valence-electron chi connectivity index (χ2n) is 6.59. The first-order chi connectivity index (χ1) is 13.0. The summed E-state index contributed by atoms with van der Waals surface area (Å²) in [6.45, 7) is 3.91. The maximum Gasteiger partial charge on any atom is 0.259 e. The van der Waals surface area contributed by atoms with Crippen molar-refractivity contribution in [3.8, 4) is 11.5 Å². The second kappa shape index (κ2) is 6.61. The molecule has 5 nitrogen and oxygen atoms in total. The van der Waals surface area contributed by atoms with E-state index < -0.39 is 0 Å². The maximum atomic E-state index is 12.6. The number of carbonyl (C=O) groups is 2. The van der Waals surface area contributed by atoms with Crippen molar-refractivity contribution in [1.29, 1.82) is 0 Å². The van der Waals surface area contributed by atoms with Gasteiger partial charge in [0.05, 0.1) is 11.3 Å². The highest BCUT2D eigenvalue weighted by atomic mass is 16.5. The molecule has 0 saturated heterocycles. The lowest BCUT2D eigenvalue weighted by Crippen LogP contribution is -2.14. The molecule has 0 spiro atoms. The Kier molecular flexibility index (Phi) is 4.12. The van der Waals surface area contributed by atoms with Crippen molar-refractivity contribution >= 4 is 23.2 Å². The van der Waals surface area contributed by atoms with Gasteiger partial charge in [0.1, 0.15) is 5.75 Å². The lowest BCUT2D eigenvalue weighted by atomic mass is 10.1. The minimum Gasteiger partial charge on any atom is -0.454 e. The van der Waals surface area contributed by atoms with E-state index in [0.29, 0.717) is 34.0 Å². The minimum atomic E-state index is -0.277. The summed E-state index contributed by atoms with van der Waals surface area (Å²) in [5, 5.41) is 5.69. The first-order valence-corrected chi connectivity index (χ1v) is 8.61. The third-order valence-corrected chi connectivity index (χ3v) is 4.40. The molecule has 1 aliphatic rings. The SMILES string of the molecule is Cc1ccc(C(=O)Nc2ccc3c(c2)C(=O)Nc2cc(C)ccc2O3)cc1. The third kappa shape index (κ3) is 3.40. The Hall–Kier alpha value is -3.60. The van der Waals surface area contributed by atoms with Gasteiger partial charge in [0.25, 0.3) is 11.8 Å².